The van der Waals surface area contributed by atoms with Crippen molar-refractivity contribution >= 4 is 17.9 Å². The Bertz CT molecular complexity index is 510. The van der Waals surface area contributed by atoms with Crippen LogP contribution < -0.4 is 10.6 Å². The molecule has 4 fully saturated rings. The van der Waals surface area contributed by atoms with Crippen molar-refractivity contribution in [1.82, 2.24) is 10.6 Å². The quantitative estimate of drug-likeness (QED) is 0.774. The first kappa shape index (κ1) is 17.2. The van der Waals surface area contributed by atoms with Crippen LogP contribution in [0, 0.1) is 29.6 Å². The van der Waals surface area contributed by atoms with Crippen molar-refractivity contribution in [2.75, 3.05) is 6.61 Å². The molecule has 4 aliphatic rings. The average molecular weight is 336 g/mol. The van der Waals surface area contributed by atoms with Gasteiger partial charge in [-0.1, -0.05) is 0 Å². The van der Waals surface area contributed by atoms with Gasteiger partial charge in [-0.3, -0.25) is 14.9 Å². The number of hydrogen-bond donors (Lipinski definition) is 2. The number of hydrogen-bond acceptors (Lipinski definition) is 4. The highest BCUT2D eigenvalue weighted by atomic mass is 16.5. The van der Waals surface area contributed by atoms with Crippen molar-refractivity contribution in [2.45, 2.75) is 58.4 Å². The van der Waals surface area contributed by atoms with Crippen molar-refractivity contribution in [1.29, 1.82) is 0 Å². The third-order valence-electron chi connectivity index (χ3n) is 5.59. The molecule has 4 saturated carbocycles. The average Bonchev–Trinajstić information content (AvgIpc) is 2.41. The minimum absolute atomic E-state index is 0.0472. The fourth-order valence-corrected chi connectivity index (χ4v) is 5.08. The van der Waals surface area contributed by atoms with E-state index in [1.165, 1.54) is 6.42 Å². The molecular formula is C18H28N2O4. The monoisotopic (exact) mass is 336 g/mol. The van der Waals surface area contributed by atoms with E-state index in [4.69, 9.17) is 4.74 Å². The van der Waals surface area contributed by atoms with Crippen LogP contribution in [0.5, 0.6) is 0 Å². The molecule has 0 atom stereocenters. The van der Waals surface area contributed by atoms with Crippen LogP contribution in [0.4, 0.5) is 4.79 Å². The van der Waals surface area contributed by atoms with Crippen molar-refractivity contribution in [3.63, 3.8) is 0 Å². The van der Waals surface area contributed by atoms with E-state index < -0.39 is 17.5 Å². The minimum atomic E-state index is -0.589. The van der Waals surface area contributed by atoms with E-state index in [0.29, 0.717) is 11.8 Å². The Hall–Kier alpha value is -1.59. The summed E-state index contributed by atoms with van der Waals surface area (Å²) in [5.41, 5.74) is -0.429. The van der Waals surface area contributed by atoms with Gasteiger partial charge >= 0.3 is 12.0 Å². The van der Waals surface area contributed by atoms with Crippen LogP contribution in [0.2, 0.25) is 0 Å². The third kappa shape index (κ3) is 3.90. The topological polar surface area (TPSA) is 84.5 Å². The van der Waals surface area contributed by atoms with Crippen molar-refractivity contribution in [2.24, 2.45) is 29.6 Å². The third-order valence-corrected chi connectivity index (χ3v) is 5.59. The standard InChI is InChI=1S/C18H28N2O4/c1-18(2,3)20-17(23)19-14(21)9-24-16(22)15-12-5-10-4-11(7-12)8-13(15)6-10/h10-13,15H,4-9H2,1-3H3,(H2,19,20,21,23). The summed E-state index contributed by atoms with van der Waals surface area (Å²) in [4.78, 5) is 35.9. The van der Waals surface area contributed by atoms with Gasteiger partial charge in [0.25, 0.3) is 5.91 Å². The predicted molar refractivity (Wildman–Crippen MR) is 87.9 cm³/mol. The van der Waals surface area contributed by atoms with E-state index >= 15 is 0 Å². The summed E-state index contributed by atoms with van der Waals surface area (Å²) >= 11 is 0. The lowest BCUT2D eigenvalue weighted by Gasteiger charge is -2.53. The maximum Gasteiger partial charge on any atom is 0.321 e. The fourth-order valence-electron chi connectivity index (χ4n) is 5.08. The summed E-state index contributed by atoms with van der Waals surface area (Å²) in [5, 5.41) is 4.82. The fraction of sp³-hybridized carbons (Fsp3) is 0.833. The van der Waals surface area contributed by atoms with E-state index in [2.05, 4.69) is 10.6 Å². The first-order valence-corrected chi connectivity index (χ1v) is 9.00. The lowest BCUT2D eigenvalue weighted by molar-refractivity contribution is -0.164. The molecule has 6 heteroatoms. The zero-order valence-corrected chi connectivity index (χ0v) is 14.8. The Morgan fingerprint density at radius 3 is 2.00 bits per heavy atom. The summed E-state index contributed by atoms with van der Waals surface area (Å²) in [6.07, 6.45) is 5.86. The Labute approximate surface area is 143 Å². The molecule has 0 aromatic heterocycles. The van der Waals surface area contributed by atoms with Gasteiger partial charge in [0.2, 0.25) is 0 Å². The maximum atomic E-state index is 12.4. The maximum absolute atomic E-state index is 12.4. The Morgan fingerprint density at radius 1 is 0.958 bits per heavy atom. The van der Waals surface area contributed by atoms with E-state index in [1.807, 2.05) is 20.8 Å². The van der Waals surface area contributed by atoms with Crippen LogP contribution in [0.1, 0.15) is 52.9 Å². The molecule has 0 aromatic rings. The molecule has 2 N–H and O–H groups in total. The van der Waals surface area contributed by atoms with Gasteiger partial charge in [-0.15, -0.1) is 0 Å². The second-order valence-electron chi connectivity index (χ2n) is 8.82. The van der Waals surface area contributed by atoms with Crippen LogP contribution in [-0.4, -0.2) is 30.1 Å². The van der Waals surface area contributed by atoms with Crippen LogP contribution in [0.25, 0.3) is 0 Å². The summed E-state index contributed by atoms with van der Waals surface area (Å²) in [5.74, 6) is 1.56. The number of imide groups is 1. The number of urea groups is 1. The Kier molecular flexibility index (Phi) is 4.58. The Morgan fingerprint density at radius 2 is 1.50 bits per heavy atom. The van der Waals surface area contributed by atoms with E-state index in [9.17, 15) is 14.4 Å². The molecule has 0 saturated heterocycles. The lowest BCUT2D eigenvalue weighted by atomic mass is 9.52. The Balaban J connectivity index is 1.46. The number of ether oxygens (including phenoxy) is 1. The van der Waals surface area contributed by atoms with Gasteiger partial charge in [0.15, 0.2) is 6.61 Å². The number of rotatable bonds is 3. The molecule has 0 spiro atoms. The molecule has 0 radical (unpaired) electrons. The molecule has 0 aliphatic heterocycles. The van der Waals surface area contributed by atoms with Gasteiger partial charge in [0.1, 0.15) is 0 Å². The summed E-state index contributed by atoms with van der Waals surface area (Å²) in [6, 6.07) is -0.571. The van der Waals surface area contributed by atoms with Gasteiger partial charge in [-0.25, -0.2) is 4.79 Å². The highest BCUT2D eigenvalue weighted by Crippen LogP contribution is 2.56. The molecule has 0 aromatic carbocycles. The summed E-state index contributed by atoms with van der Waals surface area (Å²) in [6.45, 7) is 5.08. The molecule has 4 rings (SSSR count). The van der Waals surface area contributed by atoms with Crippen LogP contribution >= 0.6 is 0 Å². The van der Waals surface area contributed by atoms with Crippen LogP contribution in [0.15, 0.2) is 0 Å². The normalized spacial score (nSPS) is 33.9. The van der Waals surface area contributed by atoms with Gasteiger partial charge in [-0.2, -0.15) is 0 Å². The van der Waals surface area contributed by atoms with Crippen molar-refractivity contribution < 1.29 is 19.1 Å². The number of nitrogens with one attached hydrogen (secondary N) is 2. The SMILES string of the molecule is CC(C)(C)NC(=O)NC(=O)COC(=O)C1C2CC3CC(C2)CC1C3. The van der Waals surface area contributed by atoms with E-state index in [0.717, 1.165) is 37.5 Å². The largest absolute Gasteiger partial charge is 0.455 e. The van der Waals surface area contributed by atoms with Crippen molar-refractivity contribution in [3.05, 3.63) is 0 Å². The highest BCUT2D eigenvalue weighted by molar-refractivity contribution is 5.95. The summed E-state index contributed by atoms with van der Waals surface area (Å²) < 4.78 is 5.23. The van der Waals surface area contributed by atoms with Gasteiger partial charge in [-0.05, 0) is 76.5 Å². The lowest BCUT2D eigenvalue weighted by Crippen LogP contribution is -2.50. The van der Waals surface area contributed by atoms with Gasteiger partial charge in [0, 0.05) is 5.54 Å². The minimum Gasteiger partial charge on any atom is -0.455 e. The predicted octanol–water partition coefficient (Wildman–Crippen LogP) is 2.23. The van der Waals surface area contributed by atoms with E-state index in [-0.39, 0.29) is 18.5 Å². The first-order chi connectivity index (χ1) is 11.2. The number of carbonyl (C=O) groups excluding carboxylic acids is 3. The van der Waals surface area contributed by atoms with Crippen LogP contribution in [0.3, 0.4) is 0 Å². The molecule has 0 heterocycles. The van der Waals surface area contributed by atoms with Gasteiger partial charge < -0.3 is 10.1 Å². The highest BCUT2D eigenvalue weighted by Gasteiger charge is 2.51. The zero-order chi connectivity index (χ0) is 17.5. The second-order valence-corrected chi connectivity index (χ2v) is 8.82. The molecule has 6 nitrogen and oxygen atoms in total. The molecular weight excluding hydrogens is 308 g/mol. The first-order valence-electron chi connectivity index (χ1n) is 9.00. The number of esters is 1. The van der Waals surface area contributed by atoms with Gasteiger partial charge in [0.05, 0.1) is 5.92 Å². The smallest absolute Gasteiger partial charge is 0.321 e. The molecule has 4 aliphatic carbocycles. The molecule has 24 heavy (non-hydrogen) atoms. The van der Waals surface area contributed by atoms with E-state index in [1.54, 1.807) is 0 Å². The van der Waals surface area contributed by atoms with Crippen molar-refractivity contribution in [3.8, 4) is 0 Å². The molecule has 0 unspecified atom stereocenters. The molecule has 134 valence electrons. The number of amides is 3. The number of carbonyl (C=O) groups is 3. The van der Waals surface area contributed by atoms with Crippen LogP contribution in [-0.2, 0) is 14.3 Å². The second kappa shape index (κ2) is 6.37. The molecule has 3 amide bonds. The molecule has 4 bridgehead atoms. The summed E-state index contributed by atoms with van der Waals surface area (Å²) in [7, 11) is 0. The zero-order valence-electron chi connectivity index (χ0n) is 14.8.